The molecule has 0 unspecified atom stereocenters. The zero-order valence-corrected chi connectivity index (χ0v) is 15.5. The molecule has 0 heterocycles. The van der Waals surface area contributed by atoms with E-state index in [9.17, 15) is 30.8 Å². The van der Waals surface area contributed by atoms with Gasteiger partial charge in [0.25, 0.3) is 5.91 Å². The van der Waals surface area contributed by atoms with Crippen LogP contribution < -0.4 is 14.8 Å². The van der Waals surface area contributed by atoms with E-state index in [4.69, 9.17) is 0 Å². The third kappa shape index (κ3) is 5.84. The lowest BCUT2D eigenvalue weighted by atomic mass is 10.2. The molecule has 0 radical (unpaired) electrons. The molecule has 0 saturated heterocycles. The summed E-state index contributed by atoms with van der Waals surface area (Å²) in [6, 6.07) is 7.86. The van der Waals surface area contributed by atoms with E-state index in [2.05, 4.69) is 14.8 Å². The Kier molecular flexibility index (Phi) is 6.17. The first kappa shape index (κ1) is 21.5. The SMILES string of the molecule is CC(C)S(=O)(=O)Nc1ccc(C(=O)Nc2ccc(F)c(OC(F)(F)F)c2)cc1. The molecular formula is C17H16F4N2O4S. The quantitative estimate of drug-likeness (QED) is 0.689. The molecule has 2 aromatic carbocycles. The van der Waals surface area contributed by atoms with Crippen molar-refractivity contribution >= 4 is 27.3 Å². The summed E-state index contributed by atoms with van der Waals surface area (Å²) in [5.41, 5.74) is 0.234. The third-order valence-electron chi connectivity index (χ3n) is 3.44. The molecule has 0 aliphatic carbocycles. The number of halogens is 4. The van der Waals surface area contributed by atoms with Crippen LogP contribution in [0.15, 0.2) is 42.5 Å². The Labute approximate surface area is 158 Å². The van der Waals surface area contributed by atoms with Gasteiger partial charge in [0.2, 0.25) is 10.0 Å². The molecule has 152 valence electrons. The van der Waals surface area contributed by atoms with Crippen molar-refractivity contribution in [1.29, 1.82) is 0 Å². The fraction of sp³-hybridized carbons (Fsp3) is 0.235. The van der Waals surface area contributed by atoms with Gasteiger partial charge in [0.05, 0.1) is 5.25 Å². The lowest BCUT2D eigenvalue weighted by Crippen LogP contribution is -2.22. The lowest BCUT2D eigenvalue weighted by molar-refractivity contribution is -0.275. The summed E-state index contributed by atoms with van der Waals surface area (Å²) >= 11 is 0. The second-order valence-corrected chi connectivity index (χ2v) is 8.16. The minimum atomic E-state index is -5.08. The summed E-state index contributed by atoms with van der Waals surface area (Å²) in [5, 5.41) is 1.66. The first-order valence-electron chi connectivity index (χ1n) is 7.86. The van der Waals surface area contributed by atoms with Gasteiger partial charge in [0.15, 0.2) is 11.6 Å². The summed E-state index contributed by atoms with van der Waals surface area (Å²) in [4.78, 5) is 12.2. The highest BCUT2D eigenvalue weighted by atomic mass is 32.2. The fourth-order valence-electron chi connectivity index (χ4n) is 1.96. The summed E-state index contributed by atoms with van der Waals surface area (Å²) < 4.78 is 79.7. The van der Waals surface area contributed by atoms with Gasteiger partial charge in [-0.1, -0.05) is 0 Å². The molecule has 0 atom stereocenters. The number of sulfonamides is 1. The van der Waals surface area contributed by atoms with Gasteiger partial charge in [-0.2, -0.15) is 0 Å². The van der Waals surface area contributed by atoms with E-state index in [1.165, 1.54) is 38.1 Å². The Hall–Kier alpha value is -2.82. The normalized spacial score (nSPS) is 12.0. The molecule has 0 aliphatic heterocycles. The molecule has 6 nitrogen and oxygen atoms in total. The van der Waals surface area contributed by atoms with Gasteiger partial charge < -0.3 is 10.1 Å². The average Bonchev–Trinajstić information content (AvgIpc) is 2.56. The highest BCUT2D eigenvalue weighted by Crippen LogP contribution is 2.28. The highest BCUT2D eigenvalue weighted by Gasteiger charge is 2.32. The Balaban J connectivity index is 2.12. The molecule has 0 bridgehead atoms. The Morgan fingerprint density at radius 2 is 1.61 bits per heavy atom. The number of hydrogen-bond donors (Lipinski definition) is 2. The van der Waals surface area contributed by atoms with E-state index in [1.54, 1.807) is 0 Å². The van der Waals surface area contributed by atoms with Crippen molar-refractivity contribution in [3.05, 3.63) is 53.8 Å². The number of rotatable bonds is 6. The van der Waals surface area contributed by atoms with Crippen LogP contribution in [0.4, 0.5) is 28.9 Å². The van der Waals surface area contributed by atoms with Gasteiger partial charge in [0, 0.05) is 23.0 Å². The minimum Gasteiger partial charge on any atom is -0.403 e. The van der Waals surface area contributed by atoms with Crippen LogP contribution in [0.2, 0.25) is 0 Å². The number of nitrogens with one attached hydrogen (secondary N) is 2. The Bertz CT molecular complexity index is 958. The van der Waals surface area contributed by atoms with E-state index in [0.717, 1.165) is 12.1 Å². The van der Waals surface area contributed by atoms with Crippen LogP contribution in [0.25, 0.3) is 0 Å². The standard InChI is InChI=1S/C17H16F4N2O4S/c1-10(2)28(25,26)23-12-5-3-11(4-6-12)16(24)22-13-7-8-14(18)15(9-13)27-17(19,20)21/h3-10,23H,1-2H3,(H,22,24). The average molecular weight is 420 g/mol. The number of alkyl halides is 3. The van der Waals surface area contributed by atoms with Gasteiger partial charge in [0.1, 0.15) is 0 Å². The predicted octanol–water partition coefficient (Wildman–Crippen LogP) is 4.13. The van der Waals surface area contributed by atoms with E-state index in [-0.39, 0.29) is 16.9 Å². The zero-order valence-electron chi connectivity index (χ0n) is 14.7. The van der Waals surface area contributed by atoms with E-state index < -0.39 is 39.1 Å². The van der Waals surface area contributed by atoms with Crippen LogP contribution in [0.1, 0.15) is 24.2 Å². The Morgan fingerprint density at radius 3 is 2.14 bits per heavy atom. The van der Waals surface area contributed by atoms with Crippen molar-refractivity contribution in [2.75, 3.05) is 10.0 Å². The Morgan fingerprint density at radius 1 is 1.04 bits per heavy atom. The summed E-state index contributed by atoms with van der Waals surface area (Å²) in [5.74, 6) is -3.01. The summed E-state index contributed by atoms with van der Waals surface area (Å²) in [6.07, 6.45) is -5.08. The van der Waals surface area contributed by atoms with Crippen LogP contribution in [-0.4, -0.2) is 25.9 Å². The summed E-state index contributed by atoms with van der Waals surface area (Å²) in [6.45, 7) is 3.01. The molecule has 1 amide bonds. The number of benzene rings is 2. The molecule has 0 aliphatic rings. The van der Waals surface area contributed by atoms with Crippen LogP contribution in [0.3, 0.4) is 0 Å². The molecule has 11 heteroatoms. The van der Waals surface area contributed by atoms with Gasteiger partial charge in [-0.15, -0.1) is 13.2 Å². The van der Waals surface area contributed by atoms with Gasteiger partial charge in [-0.05, 0) is 50.2 Å². The highest BCUT2D eigenvalue weighted by molar-refractivity contribution is 7.93. The van der Waals surface area contributed by atoms with E-state index in [1.807, 2.05) is 0 Å². The van der Waals surface area contributed by atoms with Crippen molar-refractivity contribution in [2.24, 2.45) is 0 Å². The maximum absolute atomic E-state index is 13.4. The van der Waals surface area contributed by atoms with Crippen molar-refractivity contribution < 1.29 is 35.5 Å². The number of ether oxygens (including phenoxy) is 1. The van der Waals surface area contributed by atoms with Crippen LogP contribution in [-0.2, 0) is 10.0 Å². The first-order chi connectivity index (χ1) is 12.9. The monoisotopic (exact) mass is 420 g/mol. The lowest BCUT2D eigenvalue weighted by Gasteiger charge is -2.12. The smallest absolute Gasteiger partial charge is 0.403 e. The molecule has 0 aromatic heterocycles. The molecule has 0 fully saturated rings. The van der Waals surface area contributed by atoms with E-state index >= 15 is 0 Å². The zero-order chi connectivity index (χ0) is 21.1. The second-order valence-electron chi connectivity index (χ2n) is 5.92. The molecule has 0 spiro atoms. The van der Waals surface area contributed by atoms with Crippen LogP contribution in [0, 0.1) is 5.82 Å². The van der Waals surface area contributed by atoms with Crippen molar-refractivity contribution in [3.8, 4) is 5.75 Å². The molecule has 2 aromatic rings. The number of anilines is 2. The minimum absolute atomic E-state index is 0.107. The number of carbonyl (C=O) groups is 1. The molecule has 2 rings (SSSR count). The topological polar surface area (TPSA) is 84.5 Å². The largest absolute Gasteiger partial charge is 0.573 e. The van der Waals surface area contributed by atoms with Crippen LogP contribution in [0.5, 0.6) is 5.75 Å². The maximum atomic E-state index is 13.4. The van der Waals surface area contributed by atoms with Gasteiger partial charge in [-0.3, -0.25) is 9.52 Å². The van der Waals surface area contributed by atoms with Crippen LogP contribution >= 0.6 is 0 Å². The molecular weight excluding hydrogens is 404 g/mol. The fourth-order valence-corrected chi connectivity index (χ4v) is 2.66. The molecule has 28 heavy (non-hydrogen) atoms. The molecule has 0 saturated carbocycles. The number of carbonyl (C=O) groups excluding carboxylic acids is 1. The molecule has 2 N–H and O–H groups in total. The maximum Gasteiger partial charge on any atom is 0.573 e. The van der Waals surface area contributed by atoms with E-state index in [0.29, 0.717) is 6.07 Å². The summed E-state index contributed by atoms with van der Waals surface area (Å²) in [7, 11) is -3.55. The number of amides is 1. The van der Waals surface area contributed by atoms with Crippen molar-refractivity contribution in [2.45, 2.75) is 25.5 Å². The first-order valence-corrected chi connectivity index (χ1v) is 9.40. The van der Waals surface area contributed by atoms with Gasteiger partial charge >= 0.3 is 6.36 Å². The number of hydrogen-bond acceptors (Lipinski definition) is 4. The second kappa shape index (κ2) is 8.05. The van der Waals surface area contributed by atoms with Gasteiger partial charge in [-0.25, -0.2) is 12.8 Å². The third-order valence-corrected chi connectivity index (χ3v) is 5.20. The van der Waals surface area contributed by atoms with Crippen molar-refractivity contribution in [1.82, 2.24) is 0 Å². The predicted molar refractivity (Wildman–Crippen MR) is 95.2 cm³/mol. The van der Waals surface area contributed by atoms with Crippen molar-refractivity contribution in [3.63, 3.8) is 0 Å².